The molecule has 1 aliphatic rings. The van der Waals surface area contributed by atoms with E-state index in [-0.39, 0.29) is 16.2 Å². The zero-order valence-corrected chi connectivity index (χ0v) is 18.2. The summed E-state index contributed by atoms with van der Waals surface area (Å²) in [5.41, 5.74) is 1.86. The Bertz CT molecular complexity index is 958. The van der Waals surface area contributed by atoms with E-state index < -0.39 is 28.4 Å². The fraction of sp³-hybridized carbons (Fsp3) is 0.476. The van der Waals surface area contributed by atoms with Gasteiger partial charge in [-0.25, -0.2) is 12.8 Å². The maximum absolute atomic E-state index is 14.0. The Morgan fingerprint density at radius 3 is 2.40 bits per heavy atom. The fourth-order valence-corrected chi connectivity index (χ4v) is 4.52. The Morgan fingerprint density at radius 1 is 1.37 bits per heavy atom. The molecule has 0 aliphatic heterocycles. The number of nitrogens with one attached hydrogen (secondary N) is 1. The summed E-state index contributed by atoms with van der Waals surface area (Å²) in [4.78, 5) is 0.204. The highest BCUT2D eigenvalue weighted by molar-refractivity contribution is 7.96. The van der Waals surface area contributed by atoms with Crippen molar-refractivity contribution in [2.24, 2.45) is 5.92 Å². The average molecular weight is 447 g/mol. The highest BCUT2D eigenvalue weighted by atomic mass is 32.2. The van der Waals surface area contributed by atoms with Crippen LogP contribution >= 0.6 is 0 Å². The number of nitriles is 1. The van der Waals surface area contributed by atoms with Crippen LogP contribution in [0, 0.1) is 23.1 Å². The molecular weight excluding hydrogens is 420 g/mol. The molecule has 0 amide bonds. The maximum atomic E-state index is 14.0. The molecule has 1 aromatic rings. The number of alkyl halides is 3. The lowest BCUT2D eigenvalue weighted by Gasteiger charge is -2.25. The van der Waals surface area contributed by atoms with Gasteiger partial charge in [-0.3, -0.25) is 4.72 Å². The van der Waals surface area contributed by atoms with E-state index >= 15 is 0 Å². The number of hydrogen-bond donors (Lipinski definition) is 1. The molecule has 1 aliphatic carbocycles. The van der Waals surface area contributed by atoms with Gasteiger partial charge in [-0.15, -0.1) is 0 Å². The van der Waals surface area contributed by atoms with Gasteiger partial charge in [0.05, 0.1) is 22.2 Å². The van der Waals surface area contributed by atoms with Crippen molar-refractivity contribution in [2.75, 3.05) is 4.72 Å². The Balaban J connectivity index is 0.000000656. The van der Waals surface area contributed by atoms with Crippen molar-refractivity contribution >= 4 is 15.7 Å². The third-order valence-corrected chi connectivity index (χ3v) is 6.20. The van der Waals surface area contributed by atoms with Gasteiger partial charge in [0.2, 0.25) is 0 Å². The first-order valence-electron chi connectivity index (χ1n) is 9.49. The lowest BCUT2D eigenvalue weighted by Crippen LogP contribution is -2.20. The van der Waals surface area contributed by atoms with Crippen LogP contribution in [0.5, 0.6) is 0 Å². The minimum Gasteiger partial charge on any atom is -0.277 e. The fourth-order valence-electron chi connectivity index (χ4n) is 3.04. The molecule has 1 atom stereocenters. The maximum Gasteiger partial charge on any atom is 0.388 e. The van der Waals surface area contributed by atoms with Gasteiger partial charge < -0.3 is 0 Å². The number of anilines is 1. The van der Waals surface area contributed by atoms with Crippen molar-refractivity contribution in [3.05, 3.63) is 51.7 Å². The molecule has 2 rings (SSSR count). The Hall–Kier alpha value is -2.34. The van der Waals surface area contributed by atoms with E-state index in [9.17, 15) is 26.0 Å². The van der Waals surface area contributed by atoms with Gasteiger partial charge >= 0.3 is 6.18 Å². The molecule has 0 fully saturated rings. The predicted octanol–water partition coefficient (Wildman–Crippen LogP) is 6.44. The summed E-state index contributed by atoms with van der Waals surface area (Å²) in [6.07, 6.45) is -0.632. The molecule has 1 aromatic carbocycles. The lowest BCUT2D eigenvalue weighted by molar-refractivity contribution is -0.130. The van der Waals surface area contributed by atoms with Gasteiger partial charge in [-0.05, 0) is 62.8 Å². The van der Waals surface area contributed by atoms with Crippen molar-refractivity contribution in [2.45, 2.75) is 59.6 Å². The highest BCUT2D eigenvalue weighted by Crippen LogP contribution is 2.35. The molecule has 0 bridgehead atoms. The third-order valence-electron chi connectivity index (χ3n) is 4.65. The normalized spacial score (nSPS) is 17.7. The van der Waals surface area contributed by atoms with E-state index in [4.69, 9.17) is 5.26 Å². The predicted molar refractivity (Wildman–Crippen MR) is 109 cm³/mol. The number of nitrogens with zero attached hydrogens (tertiary/aromatic N) is 1. The average Bonchev–Trinajstić information content (AvgIpc) is 2.65. The molecule has 1 unspecified atom stereocenters. The van der Waals surface area contributed by atoms with Crippen LogP contribution < -0.4 is 4.72 Å². The van der Waals surface area contributed by atoms with Gasteiger partial charge in [0.25, 0.3) is 10.0 Å². The van der Waals surface area contributed by atoms with Crippen LogP contribution in [0.4, 0.5) is 23.2 Å². The minimum atomic E-state index is -3.96. The van der Waals surface area contributed by atoms with Crippen molar-refractivity contribution in [3.8, 4) is 6.07 Å². The molecule has 0 heterocycles. The summed E-state index contributed by atoms with van der Waals surface area (Å²) in [5.74, 6) is -0.227. The van der Waals surface area contributed by atoms with E-state index in [0.717, 1.165) is 37.0 Å². The minimum absolute atomic E-state index is 0.140. The second-order valence-corrected chi connectivity index (χ2v) is 8.79. The molecule has 4 nitrogen and oxygen atoms in total. The molecule has 0 radical (unpaired) electrons. The Labute approximate surface area is 175 Å². The zero-order chi connectivity index (χ0) is 23.1. The summed E-state index contributed by atoms with van der Waals surface area (Å²) in [7, 11) is -3.89. The molecule has 166 valence electrons. The van der Waals surface area contributed by atoms with Gasteiger partial charge in [0, 0.05) is 6.42 Å². The molecule has 0 saturated carbocycles. The van der Waals surface area contributed by atoms with Gasteiger partial charge in [0.1, 0.15) is 5.82 Å². The van der Waals surface area contributed by atoms with Crippen LogP contribution in [0.25, 0.3) is 0 Å². The topological polar surface area (TPSA) is 70.0 Å². The lowest BCUT2D eigenvalue weighted by atomic mass is 9.85. The summed E-state index contributed by atoms with van der Waals surface area (Å²) in [5, 5.41) is 8.76. The van der Waals surface area contributed by atoms with Crippen LogP contribution in [0.3, 0.4) is 0 Å². The number of halogens is 4. The molecule has 0 spiro atoms. The van der Waals surface area contributed by atoms with Crippen LogP contribution in [-0.4, -0.2) is 14.6 Å². The Morgan fingerprint density at radius 2 is 1.97 bits per heavy atom. The SMILES string of the molecule is C/C=C(\C1=C(C)CC(C)CC1)S(=O)(=O)Nc1ccc(C#N)cc1F.CCC(F)(F)F. The number of sulfonamides is 1. The second kappa shape index (κ2) is 10.6. The second-order valence-electron chi connectivity index (χ2n) is 7.14. The summed E-state index contributed by atoms with van der Waals surface area (Å²) in [6.45, 7) is 6.85. The van der Waals surface area contributed by atoms with E-state index in [1.807, 2.05) is 13.0 Å². The summed E-state index contributed by atoms with van der Waals surface area (Å²) >= 11 is 0. The zero-order valence-electron chi connectivity index (χ0n) is 17.4. The molecule has 1 N–H and O–H groups in total. The van der Waals surface area contributed by atoms with Gasteiger partial charge in [-0.1, -0.05) is 25.5 Å². The van der Waals surface area contributed by atoms with E-state index in [1.54, 1.807) is 13.0 Å². The van der Waals surface area contributed by atoms with E-state index in [1.165, 1.54) is 12.1 Å². The monoisotopic (exact) mass is 446 g/mol. The van der Waals surface area contributed by atoms with Crippen molar-refractivity contribution < 1.29 is 26.0 Å². The van der Waals surface area contributed by atoms with Crippen LogP contribution in [0.15, 0.2) is 40.3 Å². The molecule has 0 saturated heterocycles. The quantitative estimate of drug-likeness (QED) is 0.541. The van der Waals surface area contributed by atoms with Crippen molar-refractivity contribution in [1.82, 2.24) is 0 Å². The molecule has 0 aromatic heterocycles. The third kappa shape index (κ3) is 7.48. The van der Waals surface area contributed by atoms with E-state index in [2.05, 4.69) is 11.6 Å². The standard InChI is InChI=1S/C18H21FN2O2S.C3H5F3/c1-4-18(15-7-5-12(2)9-13(15)3)24(22,23)21-17-8-6-14(11-20)10-16(17)19;1-2-3(4,5)6/h4,6,8,10,12,21H,5,7,9H2,1-3H3;2H2,1H3/b18-4+;. The molecular formula is C21H26F4N2O2S. The van der Waals surface area contributed by atoms with Crippen molar-refractivity contribution in [1.29, 1.82) is 5.26 Å². The molecule has 9 heteroatoms. The van der Waals surface area contributed by atoms with Crippen LogP contribution in [0.2, 0.25) is 0 Å². The van der Waals surface area contributed by atoms with Crippen LogP contribution in [-0.2, 0) is 10.0 Å². The smallest absolute Gasteiger partial charge is 0.277 e. The highest BCUT2D eigenvalue weighted by Gasteiger charge is 2.26. The first-order chi connectivity index (χ1) is 13.8. The first kappa shape index (κ1) is 25.7. The number of benzene rings is 1. The Kier molecular flexibility index (Phi) is 9.09. The number of rotatable bonds is 4. The van der Waals surface area contributed by atoms with E-state index in [0.29, 0.717) is 12.3 Å². The first-order valence-corrected chi connectivity index (χ1v) is 11.0. The van der Waals surface area contributed by atoms with Gasteiger partial charge in [-0.2, -0.15) is 18.4 Å². The van der Waals surface area contributed by atoms with Crippen molar-refractivity contribution in [3.63, 3.8) is 0 Å². The number of hydrogen-bond acceptors (Lipinski definition) is 3. The van der Waals surface area contributed by atoms with Crippen LogP contribution in [0.1, 0.15) is 58.9 Å². The molecule has 30 heavy (non-hydrogen) atoms. The largest absolute Gasteiger partial charge is 0.388 e. The van der Waals surface area contributed by atoms with Gasteiger partial charge in [0.15, 0.2) is 0 Å². The summed E-state index contributed by atoms with van der Waals surface area (Å²) < 4.78 is 74.1. The summed E-state index contributed by atoms with van der Waals surface area (Å²) in [6, 6.07) is 5.48. The number of allylic oxidation sites excluding steroid dienone is 3.